The highest BCUT2D eigenvalue weighted by molar-refractivity contribution is 6.09. The summed E-state index contributed by atoms with van der Waals surface area (Å²) in [7, 11) is 0. The van der Waals surface area contributed by atoms with Crippen molar-refractivity contribution in [2.24, 2.45) is 0 Å². The topological polar surface area (TPSA) is 16.4 Å². The average molecular weight is 644 g/mol. The van der Waals surface area contributed by atoms with Gasteiger partial charge in [-0.15, -0.1) is 0 Å². The Morgan fingerprint density at radius 3 is 1.50 bits per heavy atom. The molecule has 0 bridgehead atoms. The minimum atomic E-state index is -0.0930. The van der Waals surface area contributed by atoms with Gasteiger partial charge in [-0.3, -0.25) is 0 Å². The van der Waals surface area contributed by atoms with Gasteiger partial charge in [-0.05, 0) is 92.5 Å². The largest absolute Gasteiger partial charge is 0.455 e. The standard InChI is InChI=1S/C48H37NO/c1-47(2)41-17-8-5-12-35(41)37-26-24-32(28-43(37)47)49(33-25-27-38-36-13-6-9-18-42(36)48(3,4)44(38)29-33)31-22-20-30(21-23-31)34-15-11-16-40-39-14-7-10-19-45(39)50-46(34)40/h5-29H,1-4H3. The van der Waals surface area contributed by atoms with E-state index in [9.17, 15) is 0 Å². The van der Waals surface area contributed by atoms with E-state index in [2.05, 4.69) is 172 Å². The van der Waals surface area contributed by atoms with Crippen molar-refractivity contribution in [2.45, 2.75) is 38.5 Å². The molecule has 0 radical (unpaired) electrons. The van der Waals surface area contributed by atoms with Gasteiger partial charge in [0, 0.05) is 44.2 Å². The van der Waals surface area contributed by atoms with Crippen molar-refractivity contribution in [3.8, 4) is 33.4 Å². The number of rotatable bonds is 4. The quantitative estimate of drug-likeness (QED) is 0.190. The van der Waals surface area contributed by atoms with Gasteiger partial charge in [-0.25, -0.2) is 0 Å². The Morgan fingerprint density at radius 2 is 0.880 bits per heavy atom. The molecule has 2 aliphatic rings. The van der Waals surface area contributed by atoms with Crippen molar-refractivity contribution in [3.05, 3.63) is 174 Å². The van der Waals surface area contributed by atoms with Crippen LogP contribution in [0.4, 0.5) is 17.1 Å². The van der Waals surface area contributed by atoms with Crippen LogP contribution in [-0.4, -0.2) is 0 Å². The smallest absolute Gasteiger partial charge is 0.143 e. The summed E-state index contributed by atoms with van der Waals surface area (Å²) in [5.74, 6) is 0. The molecule has 1 heterocycles. The lowest BCUT2D eigenvalue weighted by Gasteiger charge is -2.30. The van der Waals surface area contributed by atoms with E-state index >= 15 is 0 Å². The summed E-state index contributed by atoms with van der Waals surface area (Å²) in [5, 5.41) is 2.29. The monoisotopic (exact) mass is 643 g/mol. The lowest BCUT2D eigenvalue weighted by molar-refractivity contribution is 0.660. The Kier molecular flexibility index (Phi) is 6.01. The zero-order valence-corrected chi connectivity index (χ0v) is 28.8. The molecule has 0 saturated carbocycles. The number of furan rings is 1. The molecule has 8 aromatic rings. The van der Waals surface area contributed by atoms with Crippen LogP contribution in [0.2, 0.25) is 0 Å². The van der Waals surface area contributed by atoms with Gasteiger partial charge in [-0.1, -0.05) is 137 Å². The number of fused-ring (bicyclic) bond motifs is 9. The fourth-order valence-electron chi connectivity index (χ4n) is 8.87. The van der Waals surface area contributed by atoms with Crippen LogP contribution in [0.25, 0.3) is 55.3 Å². The first kappa shape index (κ1) is 29.1. The van der Waals surface area contributed by atoms with Gasteiger partial charge in [-0.2, -0.15) is 0 Å². The third kappa shape index (κ3) is 4.02. The van der Waals surface area contributed by atoms with E-state index in [1.807, 2.05) is 12.1 Å². The molecule has 2 aliphatic carbocycles. The van der Waals surface area contributed by atoms with Gasteiger partial charge in [0.05, 0.1) is 0 Å². The highest BCUT2D eigenvalue weighted by Gasteiger charge is 2.37. The molecule has 10 rings (SSSR count). The molecule has 7 aromatic carbocycles. The predicted molar refractivity (Wildman–Crippen MR) is 209 cm³/mol. The fraction of sp³-hybridized carbons (Fsp3) is 0.125. The van der Waals surface area contributed by atoms with Crippen molar-refractivity contribution in [1.82, 2.24) is 0 Å². The summed E-state index contributed by atoms with van der Waals surface area (Å²) in [6.45, 7) is 9.42. The zero-order chi connectivity index (χ0) is 33.8. The maximum Gasteiger partial charge on any atom is 0.143 e. The normalized spacial score (nSPS) is 14.7. The molecule has 2 nitrogen and oxygen atoms in total. The molecule has 0 atom stereocenters. The number of hydrogen-bond donors (Lipinski definition) is 0. The number of nitrogens with zero attached hydrogens (tertiary/aromatic N) is 1. The van der Waals surface area contributed by atoms with E-state index in [1.165, 1.54) is 44.5 Å². The van der Waals surface area contributed by atoms with E-state index in [0.29, 0.717) is 0 Å². The van der Waals surface area contributed by atoms with Crippen LogP contribution in [0.5, 0.6) is 0 Å². The molecular formula is C48H37NO. The first-order valence-corrected chi connectivity index (χ1v) is 17.6. The lowest BCUT2D eigenvalue weighted by atomic mass is 9.82. The summed E-state index contributed by atoms with van der Waals surface area (Å²) in [6.07, 6.45) is 0. The van der Waals surface area contributed by atoms with Crippen LogP contribution in [0.1, 0.15) is 49.9 Å². The first-order valence-electron chi connectivity index (χ1n) is 17.6. The van der Waals surface area contributed by atoms with Gasteiger partial charge in [0.1, 0.15) is 11.2 Å². The number of anilines is 3. The Bertz CT molecular complexity index is 2550. The second-order valence-corrected chi connectivity index (χ2v) is 15.0. The van der Waals surface area contributed by atoms with Crippen LogP contribution >= 0.6 is 0 Å². The highest BCUT2D eigenvalue weighted by atomic mass is 16.3. The van der Waals surface area contributed by atoms with Gasteiger partial charge in [0.2, 0.25) is 0 Å². The van der Waals surface area contributed by atoms with E-state index in [4.69, 9.17) is 4.42 Å². The van der Waals surface area contributed by atoms with E-state index in [-0.39, 0.29) is 10.8 Å². The maximum atomic E-state index is 6.42. The predicted octanol–water partition coefficient (Wildman–Crippen LogP) is 13.3. The minimum absolute atomic E-state index is 0.0930. The van der Waals surface area contributed by atoms with Crippen molar-refractivity contribution in [3.63, 3.8) is 0 Å². The first-order chi connectivity index (χ1) is 24.3. The molecule has 0 unspecified atom stereocenters. The van der Waals surface area contributed by atoms with Gasteiger partial charge in [0.25, 0.3) is 0 Å². The Morgan fingerprint density at radius 1 is 0.400 bits per heavy atom. The van der Waals surface area contributed by atoms with E-state index < -0.39 is 0 Å². The second kappa shape index (κ2) is 10.3. The van der Waals surface area contributed by atoms with Crippen LogP contribution in [0, 0.1) is 0 Å². The summed E-state index contributed by atoms with van der Waals surface area (Å²) in [4.78, 5) is 2.43. The molecule has 0 fully saturated rings. The van der Waals surface area contributed by atoms with E-state index in [1.54, 1.807) is 0 Å². The molecule has 0 saturated heterocycles. The lowest BCUT2D eigenvalue weighted by Crippen LogP contribution is -2.18. The van der Waals surface area contributed by atoms with E-state index in [0.717, 1.165) is 50.1 Å². The Balaban J connectivity index is 1.13. The molecule has 0 aliphatic heterocycles. The molecular weight excluding hydrogens is 607 g/mol. The molecule has 0 N–H and O–H groups in total. The van der Waals surface area contributed by atoms with Crippen molar-refractivity contribution >= 4 is 39.0 Å². The Hall–Kier alpha value is -5.86. The van der Waals surface area contributed by atoms with Gasteiger partial charge < -0.3 is 9.32 Å². The summed E-state index contributed by atoms with van der Waals surface area (Å²) in [6, 6.07) is 55.6. The summed E-state index contributed by atoms with van der Waals surface area (Å²) >= 11 is 0. The van der Waals surface area contributed by atoms with Crippen molar-refractivity contribution < 1.29 is 4.42 Å². The van der Waals surface area contributed by atoms with Gasteiger partial charge in [0.15, 0.2) is 0 Å². The highest BCUT2D eigenvalue weighted by Crippen LogP contribution is 2.53. The molecule has 1 aromatic heterocycles. The number of benzene rings is 7. The SMILES string of the molecule is CC1(C)c2ccccc2-c2ccc(N(c3ccc(-c4cccc5c4oc4ccccc45)cc3)c3ccc4c(c3)C(C)(C)c3ccccc3-4)cc21. The zero-order valence-electron chi connectivity index (χ0n) is 28.8. The summed E-state index contributed by atoms with van der Waals surface area (Å²) < 4.78 is 6.42. The third-order valence-corrected chi connectivity index (χ3v) is 11.5. The van der Waals surface area contributed by atoms with Crippen LogP contribution < -0.4 is 4.90 Å². The molecule has 2 heteroatoms. The number of para-hydroxylation sites is 2. The van der Waals surface area contributed by atoms with Crippen LogP contribution in [0.3, 0.4) is 0 Å². The fourth-order valence-corrected chi connectivity index (χ4v) is 8.87. The maximum absolute atomic E-state index is 6.42. The second-order valence-electron chi connectivity index (χ2n) is 15.0. The van der Waals surface area contributed by atoms with Crippen molar-refractivity contribution in [2.75, 3.05) is 4.90 Å². The molecule has 50 heavy (non-hydrogen) atoms. The Labute approximate surface area is 293 Å². The number of hydrogen-bond acceptors (Lipinski definition) is 2. The van der Waals surface area contributed by atoms with Gasteiger partial charge >= 0.3 is 0 Å². The molecule has 0 amide bonds. The average Bonchev–Trinajstić information content (AvgIpc) is 3.72. The third-order valence-electron chi connectivity index (χ3n) is 11.5. The minimum Gasteiger partial charge on any atom is -0.455 e. The molecule has 240 valence electrons. The van der Waals surface area contributed by atoms with Crippen LogP contribution in [0.15, 0.2) is 156 Å². The van der Waals surface area contributed by atoms with Crippen LogP contribution in [-0.2, 0) is 10.8 Å². The van der Waals surface area contributed by atoms with Crippen molar-refractivity contribution in [1.29, 1.82) is 0 Å². The summed E-state index contributed by atoms with van der Waals surface area (Å²) in [5.41, 5.74) is 18.2. The molecule has 0 spiro atoms.